The monoisotopic (exact) mass is 736 g/mol. The molecule has 24 nitrogen and oxygen atoms in total. The smallest absolute Gasteiger partial charge is 0.547 e. The van der Waals surface area contributed by atoms with Gasteiger partial charge in [-0.05, 0) is 0 Å². The number of aliphatic hydroxyl groups excluding tert-OH is 12. The zero-order chi connectivity index (χ0) is 34.4. The van der Waals surface area contributed by atoms with Crippen LogP contribution in [0.2, 0.25) is 0 Å². The van der Waals surface area contributed by atoms with Gasteiger partial charge in [-0.15, -0.1) is 0 Å². The van der Waals surface area contributed by atoms with E-state index in [-0.39, 0.29) is 34.1 Å². The molecule has 12 atom stereocenters. The number of hydrogen-bond donors (Lipinski definition) is 12. The van der Waals surface area contributed by atoms with Crippen LogP contribution in [0.5, 0.6) is 0 Å². The molecular formula is C18H24Fe2O24. The van der Waals surface area contributed by atoms with E-state index in [4.69, 9.17) is 61.3 Å². The summed E-state index contributed by atoms with van der Waals surface area (Å²) < 4.78 is 0. The molecule has 0 heterocycles. The van der Waals surface area contributed by atoms with Crippen LogP contribution < -0.4 is 30.6 Å². The largest absolute Gasteiger partial charge is 3.00 e. The fourth-order valence-corrected chi connectivity index (χ4v) is 1.96. The van der Waals surface area contributed by atoms with Crippen LogP contribution in [0.25, 0.3) is 0 Å². The third-order valence-electron chi connectivity index (χ3n) is 4.44. The molecule has 12 N–H and O–H groups in total. The SMILES string of the molecule is O=C([O-])[C@@H](O)[C@@H](O)[C@@H](O)[C@@H](O)C(=O)[O-].O=C([O-])[C@@H](O)[C@@H](O)[C@H](O)[C@@H](O)C(=O)[O-].O=C([O-])[C@@H](O)[C@H](O)[C@@H](O)[C@@H](O)C(=O)[O-].[Fe+3].[Fe+3]. The molecule has 0 bridgehead atoms. The molecule has 0 aliphatic heterocycles. The number of aliphatic carboxylic acids is 6. The molecule has 26 heteroatoms. The molecule has 44 heavy (non-hydrogen) atoms. The van der Waals surface area contributed by atoms with Crippen molar-refractivity contribution in [3.8, 4) is 0 Å². The van der Waals surface area contributed by atoms with E-state index in [2.05, 4.69) is 0 Å². The van der Waals surface area contributed by atoms with E-state index < -0.39 is 109 Å². The standard InChI is InChI=1S/3C6H10O8.2Fe/c3*7-1(3(9)5(11)12)2(8)4(10)6(13)14;;/h3*1-4,7-10H,(H,11,12)(H,13,14);;/q;;;2*+3/p-6/t1-,2+,3-,4+;2*1-,2-,3-,4+;;/m.10../s1. The molecule has 0 aliphatic rings. The predicted molar refractivity (Wildman–Crippen MR) is 102 cm³/mol. The van der Waals surface area contributed by atoms with Gasteiger partial charge in [0.25, 0.3) is 0 Å². The first-order chi connectivity index (χ1) is 18.9. The van der Waals surface area contributed by atoms with Gasteiger partial charge in [0, 0.05) is 0 Å². The second-order valence-corrected chi connectivity index (χ2v) is 7.53. The Labute approximate surface area is 263 Å². The van der Waals surface area contributed by atoms with Crippen LogP contribution in [0.3, 0.4) is 0 Å². The molecule has 0 unspecified atom stereocenters. The van der Waals surface area contributed by atoms with Gasteiger partial charge in [-0.25, -0.2) is 0 Å². The maximum absolute atomic E-state index is 9.96. The molecule has 2 radical (unpaired) electrons. The van der Waals surface area contributed by atoms with Crippen molar-refractivity contribution >= 4 is 35.8 Å². The van der Waals surface area contributed by atoms with Gasteiger partial charge in [0.05, 0.1) is 35.8 Å². The van der Waals surface area contributed by atoms with Crippen molar-refractivity contribution in [1.82, 2.24) is 0 Å². The summed E-state index contributed by atoms with van der Waals surface area (Å²) in [5.41, 5.74) is 0. The van der Waals surface area contributed by atoms with Gasteiger partial charge in [-0.2, -0.15) is 0 Å². The van der Waals surface area contributed by atoms with Crippen LogP contribution in [0.4, 0.5) is 0 Å². The minimum Gasteiger partial charge on any atom is -0.547 e. The molecular weight excluding hydrogens is 712 g/mol. The number of carbonyl (C=O) groups is 6. The van der Waals surface area contributed by atoms with Gasteiger partial charge in [-0.1, -0.05) is 0 Å². The Morgan fingerprint density at radius 1 is 0.273 bits per heavy atom. The Bertz CT molecular complexity index is 731. The van der Waals surface area contributed by atoms with Crippen molar-refractivity contribution in [3.63, 3.8) is 0 Å². The van der Waals surface area contributed by atoms with E-state index in [0.29, 0.717) is 0 Å². The van der Waals surface area contributed by atoms with Crippen molar-refractivity contribution in [2.75, 3.05) is 0 Å². The average molecular weight is 736 g/mol. The van der Waals surface area contributed by atoms with Crippen molar-refractivity contribution < 1.29 is 155 Å². The van der Waals surface area contributed by atoms with Crippen LogP contribution in [0.15, 0.2) is 0 Å². The molecule has 0 aliphatic carbocycles. The van der Waals surface area contributed by atoms with E-state index in [1.54, 1.807) is 0 Å². The van der Waals surface area contributed by atoms with Crippen LogP contribution in [0, 0.1) is 0 Å². The Balaban J connectivity index is -0.000000169. The molecule has 256 valence electrons. The Kier molecular flexibility index (Phi) is 27.5. The number of carboxylic acids is 6. The first kappa shape index (κ1) is 51.0. The average Bonchev–Trinajstić information content (AvgIpc) is 2.92. The van der Waals surface area contributed by atoms with Gasteiger partial charge in [0.2, 0.25) is 0 Å². The Morgan fingerprint density at radius 3 is 0.386 bits per heavy atom. The Hall–Kier alpha value is -2.62. The molecule has 0 aromatic heterocycles. The van der Waals surface area contributed by atoms with Gasteiger partial charge < -0.3 is 121 Å². The van der Waals surface area contributed by atoms with E-state index in [1.807, 2.05) is 0 Å². The maximum atomic E-state index is 9.96. The summed E-state index contributed by atoms with van der Waals surface area (Å²) in [6, 6.07) is 0. The molecule has 0 aromatic rings. The summed E-state index contributed by atoms with van der Waals surface area (Å²) in [5.74, 6) is -12.7. The Morgan fingerprint density at radius 2 is 0.341 bits per heavy atom. The van der Waals surface area contributed by atoms with E-state index in [1.165, 1.54) is 0 Å². The third kappa shape index (κ3) is 17.6. The minimum atomic E-state index is -2.50. The van der Waals surface area contributed by atoms with Crippen molar-refractivity contribution in [3.05, 3.63) is 0 Å². The van der Waals surface area contributed by atoms with Crippen LogP contribution in [-0.4, -0.2) is 170 Å². The molecule has 0 aromatic carbocycles. The first-order valence-electron chi connectivity index (χ1n) is 10.3. The third-order valence-corrected chi connectivity index (χ3v) is 4.44. The summed E-state index contributed by atoms with van der Waals surface area (Å²) in [6.07, 6.45) is -29.3. The molecule has 0 spiro atoms. The van der Waals surface area contributed by atoms with Crippen molar-refractivity contribution in [2.45, 2.75) is 73.2 Å². The molecule has 0 fully saturated rings. The fourth-order valence-electron chi connectivity index (χ4n) is 1.96. The quantitative estimate of drug-likeness (QED) is 0.0694. The fraction of sp³-hybridized carbons (Fsp3) is 0.667. The summed E-state index contributed by atoms with van der Waals surface area (Å²) in [4.78, 5) is 59.8. The number of carbonyl (C=O) groups excluding carboxylic acids is 6. The minimum absolute atomic E-state index is 0. The van der Waals surface area contributed by atoms with Gasteiger partial charge in [0.1, 0.15) is 73.2 Å². The van der Waals surface area contributed by atoms with Gasteiger partial charge in [0.15, 0.2) is 0 Å². The summed E-state index contributed by atoms with van der Waals surface area (Å²) in [6.45, 7) is 0. The van der Waals surface area contributed by atoms with Crippen molar-refractivity contribution in [2.24, 2.45) is 0 Å². The summed E-state index contributed by atoms with van der Waals surface area (Å²) in [5, 5.41) is 164. The van der Waals surface area contributed by atoms with Gasteiger partial charge >= 0.3 is 34.1 Å². The van der Waals surface area contributed by atoms with Crippen LogP contribution in [-0.2, 0) is 62.9 Å². The zero-order valence-electron chi connectivity index (χ0n) is 20.9. The number of hydrogen-bond acceptors (Lipinski definition) is 24. The molecule has 0 amide bonds. The van der Waals surface area contributed by atoms with E-state index in [0.717, 1.165) is 0 Å². The predicted octanol–water partition coefficient (Wildman–Crippen LogP) is -18.2. The molecule has 0 rings (SSSR count). The second-order valence-electron chi connectivity index (χ2n) is 7.53. The molecule has 0 saturated carbocycles. The normalized spacial score (nSPS) is 18.5. The zero-order valence-corrected chi connectivity index (χ0v) is 23.1. The number of aliphatic hydroxyl groups is 12. The second kappa shape index (κ2) is 23.7. The van der Waals surface area contributed by atoms with E-state index in [9.17, 15) is 59.4 Å². The van der Waals surface area contributed by atoms with Crippen LogP contribution in [0.1, 0.15) is 0 Å². The van der Waals surface area contributed by atoms with E-state index >= 15 is 0 Å². The molecule has 0 saturated heterocycles. The number of rotatable bonds is 15. The van der Waals surface area contributed by atoms with Crippen LogP contribution >= 0.6 is 0 Å². The van der Waals surface area contributed by atoms with Gasteiger partial charge in [-0.3, -0.25) is 0 Å². The number of carboxylic acid groups (broad SMARTS) is 6. The first-order valence-corrected chi connectivity index (χ1v) is 10.3. The maximum Gasteiger partial charge on any atom is 3.00 e. The summed E-state index contributed by atoms with van der Waals surface area (Å²) in [7, 11) is 0. The summed E-state index contributed by atoms with van der Waals surface area (Å²) >= 11 is 0. The topological polar surface area (TPSA) is 484 Å². The van der Waals surface area contributed by atoms with Crippen molar-refractivity contribution in [1.29, 1.82) is 0 Å².